The van der Waals surface area contributed by atoms with Crippen molar-refractivity contribution in [3.63, 3.8) is 0 Å². The molecule has 3 aromatic rings. The van der Waals surface area contributed by atoms with Crippen LogP contribution in [0.25, 0.3) is 10.8 Å². The van der Waals surface area contributed by atoms with E-state index in [4.69, 9.17) is 4.74 Å². The van der Waals surface area contributed by atoms with E-state index in [1.165, 1.54) is 0 Å². The minimum atomic E-state index is -1.16. The van der Waals surface area contributed by atoms with E-state index in [9.17, 15) is 14.7 Å². The highest BCUT2D eigenvalue weighted by atomic mass is 16.5. The lowest BCUT2D eigenvalue weighted by Crippen LogP contribution is -2.49. The molecule has 1 aliphatic heterocycles. The third kappa shape index (κ3) is 2.95. The van der Waals surface area contributed by atoms with Gasteiger partial charge in [0.2, 0.25) is 0 Å². The number of carbonyl (C=O) groups is 2. The maximum absolute atomic E-state index is 12.9. The summed E-state index contributed by atoms with van der Waals surface area (Å²) >= 11 is 0. The smallest absolute Gasteiger partial charge is 0.345 e. The molecule has 0 fully saturated rings. The number of para-hydroxylation sites is 1. The second-order valence-corrected chi connectivity index (χ2v) is 7.46. The average molecular weight is 384 g/mol. The van der Waals surface area contributed by atoms with Crippen LogP contribution in [0.15, 0.2) is 72.8 Å². The zero-order valence-electron chi connectivity index (χ0n) is 15.5. The topological polar surface area (TPSA) is 78.5 Å². The minimum absolute atomic E-state index is 0.0532. The second-order valence-electron chi connectivity index (χ2n) is 7.46. The first-order valence-electron chi connectivity index (χ1n) is 9.60. The third-order valence-electron chi connectivity index (χ3n) is 5.80. The van der Waals surface area contributed by atoms with Gasteiger partial charge in [-0.25, -0.2) is 4.79 Å². The number of carbonyl (C=O) groups excluding carboxylic acids is 2. The van der Waals surface area contributed by atoms with Crippen LogP contribution in [0.3, 0.4) is 0 Å². The highest BCUT2D eigenvalue weighted by Gasteiger charge is 2.39. The summed E-state index contributed by atoms with van der Waals surface area (Å²) < 4.78 is 5.62. The molecule has 29 heavy (non-hydrogen) atoms. The lowest BCUT2D eigenvalue weighted by Gasteiger charge is -2.38. The van der Waals surface area contributed by atoms with Gasteiger partial charge < -0.3 is 20.0 Å². The Bertz CT molecular complexity index is 1170. The molecule has 1 heterocycles. The van der Waals surface area contributed by atoms with Crippen LogP contribution in [0, 0.1) is 5.92 Å². The highest BCUT2D eigenvalue weighted by molar-refractivity contribution is 5.99. The molecule has 0 unspecified atom stereocenters. The highest BCUT2D eigenvalue weighted by Crippen LogP contribution is 2.45. The lowest BCUT2D eigenvalue weighted by molar-refractivity contribution is -0.308. The molecule has 3 atom stereocenters. The summed E-state index contributed by atoms with van der Waals surface area (Å²) in [6.45, 7) is 0. The number of hydrogen-bond donors (Lipinski definition) is 1. The van der Waals surface area contributed by atoms with Gasteiger partial charge in [0, 0.05) is 5.92 Å². The van der Waals surface area contributed by atoms with Crippen molar-refractivity contribution in [1.29, 1.82) is 0 Å². The van der Waals surface area contributed by atoms with Gasteiger partial charge in [-0.2, -0.15) is 0 Å². The number of aliphatic carboxylic acids is 1. The Labute approximate surface area is 167 Å². The van der Waals surface area contributed by atoms with Crippen LogP contribution < -0.4 is 15.2 Å². The Morgan fingerprint density at radius 2 is 1.83 bits per heavy atom. The molecule has 144 valence electrons. The molecule has 0 saturated carbocycles. The summed E-state index contributed by atoms with van der Waals surface area (Å²) in [5, 5.41) is 16.7. The Morgan fingerprint density at radius 1 is 1.00 bits per heavy atom. The quantitative estimate of drug-likeness (QED) is 0.426. The van der Waals surface area contributed by atoms with E-state index in [2.05, 4.69) is 5.32 Å². The molecule has 0 radical (unpaired) electrons. The van der Waals surface area contributed by atoms with Crippen LogP contribution in [-0.2, 0) is 4.79 Å². The van der Waals surface area contributed by atoms with Crippen molar-refractivity contribution in [3.05, 3.63) is 83.9 Å². The van der Waals surface area contributed by atoms with Crippen molar-refractivity contribution >= 4 is 28.4 Å². The lowest BCUT2D eigenvalue weighted by atomic mass is 9.78. The van der Waals surface area contributed by atoms with E-state index >= 15 is 0 Å². The van der Waals surface area contributed by atoms with Crippen LogP contribution in [0.1, 0.15) is 28.3 Å². The fourth-order valence-electron chi connectivity index (χ4n) is 4.42. The summed E-state index contributed by atoms with van der Waals surface area (Å²) in [6, 6.07) is 17.8. The number of nitrogens with one attached hydrogen (secondary N) is 1. The van der Waals surface area contributed by atoms with Crippen LogP contribution in [-0.4, -0.2) is 18.0 Å². The van der Waals surface area contributed by atoms with Crippen LogP contribution in [0.2, 0.25) is 0 Å². The van der Waals surface area contributed by atoms with Crippen LogP contribution in [0.4, 0.5) is 5.69 Å². The van der Waals surface area contributed by atoms with Gasteiger partial charge >= 0.3 is 5.97 Å². The van der Waals surface area contributed by atoms with Crippen molar-refractivity contribution in [2.45, 2.75) is 18.4 Å². The normalized spacial score (nSPS) is 21.9. The third-order valence-corrected chi connectivity index (χ3v) is 5.80. The predicted molar refractivity (Wildman–Crippen MR) is 108 cm³/mol. The van der Waals surface area contributed by atoms with Crippen molar-refractivity contribution in [1.82, 2.24) is 0 Å². The number of fused-ring (bicyclic) bond motifs is 4. The van der Waals surface area contributed by atoms with Gasteiger partial charge in [0.05, 0.1) is 23.3 Å². The Balaban J connectivity index is 1.50. The van der Waals surface area contributed by atoms with Gasteiger partial charge in [-0.1, -0.05) is 54.6 Å². The molecule has 0 amide bonds. The van der Waals surface area contributed by atoms with Gasteiger partial charge in [-0.05, 0) is 46.9 Å². The number of carboxylic acids is 1. The van der Waals surface area contributed by atoms with Gasteiger partial charge in [-0.3, -0.25) is 0 Å². The first-order chi connectivity index (χ1) is 14.1. The number of allylic oxidation sites excluding steroid dienone is 2. The monoisotopic (exact) mass is 384 g/mol. The number of ether oxygens (including phenoxy) is 1. The van der Waals surface area contributed by atoms with E-state index in [0.717, 1.165) is 16.3 Å². The Hall–Kier alpha value is -3.60. The summed E-state index contributed by atoms with van der Waals surface area (Å²) in [6.07, 6.45) is 4.67. The minimum Gasteiger partial charge on any atom is -0.548 e. The van der Waals surface area contributed by atoms with Crippen molar-refractivity contribution in [2.75, 3.05) is 5.32 Å². The number of hydrogen-bond acceptors (Lipinski definition) is 5. The predicted octanol–water partition coefficient (Wildman–Crippen LogP) is 3.26. The van der Waals surface area contributed by atoms with Crippen molar-refractivity contribution in [2.24, 2.45) is 5.92 Å². The molecule has 0 bridgehead atoms. The molecule has 3 aromatic carbocycles. The number of anilines is 1. The zero-order chi connectivity index (χ0) is 20.0. The molecular weight excluding hydrogens is 366 g/mol. The SMILES string of the molecule is O=C(Oc1ccc2ccccc2c1)c1cccc2c1N[C@@H](C(=O)[O-])[C@H]1CC=C[C@H]21. The van der Waals surface area contributed by atoms with Crippen molar-refractivity contribution < 1.29 is 19.4 Å². The summed E-state index contributed by atoms with van der Waals surface area (Å²) in [4.78, 5) is 24.6. The molecule has 1 N–H and O–H groups in total. The molecule has 0 aromatic heterocycles. The van der Waals surface area contributed by atoms with Crippen LogP contribution >= 0.6 is 0 Å². The Morgan fingerprint density at radius 3 is 2.66 bits per heavy atom. The number of rotatable bonds is 3. The summed E-state index contributed by atoms with van der Waals surface area (Å²) in [5.41, 5.74) is 1.75. The van der Waals surface area contributed by atoms with E-state index in [1.54, 1.807) is 18.2 Å². The van der Waals surface area contributed by atoms with Crippen molar-refractivity contribution in [3.8, 4) is 5.75 Å². The standard InChI is InChI=1S/C24H19NO4/c26-23(27)22-19-9-3-7-17(19)18-8-4-10-20(21(18)25-22)24(28)29-16-12-11-14-5-1-2-6-15(14)13-16/h1-8,10-13,17,19,22,25H,9H2,(H,26,27)/p-1/t17-,19+,22-/m1/s1. The molecule has 5 rings (SSSR count). The molecule has 0 spiro atoms. The van der Waals surface area contributed by atoms with Gasteiger partial charge in [0.25, 0.3) is 0 Å². The van der Waals surface area contributed by atoms with E-state index in [-0.39, 0.29) is 11.8 Å². The second kappa shape index (κ2) is 6.78. The van der Waals surface area contributed by atoms with Crippen LogP contribution in [0.5, 0.6) is 5.75 Å². The van der Waals surface area contributed by atoms with E-state index < -0.39 is 18.0 Å². The maximum Gasteiger partial charge on any atom is 0.345 e. The first-order valence-corrected chi connectivity index (χ1v) is 9.60. The Kier molecular flexibility index (Phi) is 4.09. The molecule has 5 nitrogen and oxygen atoms in total. The number of benzene rings is 3. The number of esters is 1. The molecule has 0 saturated heterocycles. The largest absolute Gasteiger partial charge is 0.548 e. The average Bonchev–Trinajstić information content (AvgIpc) is 3.22. The molecule has 2 aliphatic rings. The fraction of sp³-hybridized carbons (Fsp3) is 0.167. The summed E-state index contributed by atoms with van der Waals surface area (Å²) in [5.74, 6) is -1.41. The first kappa shape index (κ1) is 17.5. The molecule has 5 heteroatoms. The fourth-order valence-corrected chi connectivity index (χ4v) is 4.42. The van der Waals surface area contributed by atoms with Gasteiger partial charge in [0.15, 0.2) is 0 Å². The number of carboxylic acid groups (broad SMARTS) is 1. The molecular formula is C24H18NO4-. The van der Waals surface area contributed by atoms with E-state index in [0.29, 0.717) is 23.4 Å². The van der Waals surface area contributed by atoms with Gasteiger partial charge in [0.1, 0.15) is 5.75 Å². The summed E-state index contributed by atoms with van der Waals surface area (Å²) in [7, 11) is 0. The molecule has 1 aliphatic carbocycles. The maximum atomic E-state index is 12.9. The van der Waals surface area contributed by atoms with Gasteiger partial charge in [-0.15, -0.1) is 0 Å². The van der Waals surface area contributed by atoms with E-state index in [1.807, 2.05) is 54.6 Å². The zero-order valence-corrected chi connectivity index (χ0v) is 15.5.